The van der Waals surface area contributed by atoms with Crippen LogP contribution in [-0.4, -0.2) is 0 Å². The molecular weight excluding hydrogens is 90.1 g/mol. The normalized spacial score (nSPS) is 11.6. The van der Waals surface area contributed by atoms with Gasteiger partial charge < -0.3 is 5.84 Å². The van der Waals surface area contributed by atoms with Gasteiger partial charge in [-0.3, -0.25) is 0 Å². The van der Waals surface area contributed by atoms with Crippen LogP contribution in [0.25, 0.3) is 0 Å². The minimum Gasteiger partial charge on any atom is -0.305 e. The van der Waals surface area contributed by atoms with Crippen molar-refractivity contribution in [1.29, 1.82) is 0 Å². The lowest BCUT2D eigenvalue weighted by Gasteiger charge is -1.69. The number of rotatable bonds is 2. The maximum Gasteiger partial charge on any atom is 0.0472 e. The van der Waals surface area contributed by atoms with E-state index in [-0.39, 0.29) is 0 Å². The van der Waals surface area contributed by atoms with Gasteiger partial charge in [0.15, 0.2) is 0 Å². The summed E-state index contributed by atoms with van der Waals surface area (Å²) in [4.78, 5) is 0. The van der Waals surface area contributed by atoms with Crippen LogP contribution < -0.4 is 5.84 Å². The predicted molar refractivity (Wildman–Crippen MR) is 28.5 cm³/mol. The van der Waals surface area contributed by atoms with E-state index in [2.05, 4.69) is 16.2 Å². The molecule has 0 aliphatic heterocycles. The molecule has 0 unspecified atom stereocenters. The average Bonchev–Trinajstić information content (AvgIpc) is 1.69. The minimum absolute atomic E-state index is 0.971. The van der Waals surface area contributed by atoms with Crippen LogP contribution in [0.5, 0.6) is 0 Å². The van der Waals surface area contributed by atoms with E-state index in [0.717, 1.165) is 6.42 Å². The SMILES string of the molecule is CC/C=C/N=NN. The van der Waals surface area contributed by atoms with Crippen molar-refractivity contribution >= 4 is 0 Å². The molecule has 40 valence electrons. The van der Waals surface area contributed by atoms with Gasteiger partial charge in [-0.1, -0.05) is 18.2 Å². The van der Waals surface area contributed by atoms with Gasteiger partial charge in [0.05, 0.1) is 0 Å². The van der Waals surface area contributed by atoms with Crippen LogP contribution in [0, 0.1) is 0 Å². The molecule has 0 aromatic carbocycles. The summed E-state index contributed by atoms with van der Waals surface area (Å²) in [6.07, 6.45) is 4.41. The smallest absolute Gasteiger partial charge is 0.0472 e. The number of nitrogens with zero attached hydrogens (tertiary/aromatic N) is 2. The van der Waals surface area contributed by atoms with Gasteiger partial charge in [0.25, 0.3) is 0 Å². The summed E-state index contributed by atoms with van der Waals surface area (Å²) < 4.78 is 0. The topological polar surface area (TPSA) is 50.7 Å². The Hall–Kier alpha value is -0.860. The molecule has 7 heavy (non-hydrogen) atoms. The van der Waals surface area contributed by atoms with Crippen molar-refractivity contribution in [1.82, 2.24) is 0 Å². The number of nitrogens with two attached hydrogens (primary N) is 1. The highest BCUT2D eigenvalue weighted by Crippen LogP contribution is 1.78. The first-order valence-corrected chi connectivity index (χ1v) is 2.17. The molecule has 3 nitrogen and oxygen atoms in total. The summed E-state index contributed by atoms with van der Waals surface area (Å²) in [5, 5.41) is 6.40. The zero-order valence-corrected chi connectivity index (χ0v) is 4.33. The highest BCUT2D eigenvalue weighted by Gasteiger charge is 1.59. The van der Waals surface area contributed by atoms with Gasteiger partial charge in [-0.15, -0.1) is 5.11 Å². The monoisotopic (exact) mass is 99.1 g/mol. The van der Waals surface area contributed by atoms with Crippen molar-refractivity contribution in [3.8, 4) is 0 Å². The summed E-state index contributed by atoms with van der Waals surface area (Å²) in [5.74, 6) is 4.68. The number of allylic oxidation sites excluding steroid dienone is 1. The Kier molecular flexibility index (Phi) is 4.51. The lowest BCUT2D eigenvalue weighted by Crippen LogP contribution is -1.70. The zero-order valence-electron chi connectivity index (χ0n) is 4.33. The second-order valence-electron chi connectivity index (χ2n) is 1.02. The van der Waals surface area contributed by atoms with Crippen LogP contribution in [0.2, 0.25) is 0 Å². The van der Waals surface area contributed by atoms with Gasteiger partial charge >= 0.3 is 0 Å². The maximum absolute atomic E-state index is 4.68. The van der Waals surface area contributed by atoms with E-state index in [1.165, 1.54) is 0 Å². The Morgan fingerprint density at radius 3 is 2.86 bits per heavy atom. The molecule has 0 atom stereocenters. The lowest BCUT2D eigenvalue weighted by molar-refractivity contribution is 1.05. The molecule has 0 heterocycles. The Balaban J connectivity index is 3.09. The molecule has 0 bridgehead atoms. The first kappa shape index (κ1) is 6.14. The summed E-state index contributed by atoms with van der Waals surface area (Å²) in [5.41, 5.74) is 0. The molecule has 0 saturated carbocycles. The van der Waals surface area contributed by atoms with Gasteiger partial charge in [0.1, 0.15) is 0 Å². The van der Waals surface area contributed by atoms with Gasteiger partial charge in [-0.25, -0.2) is 0 Å². The Labute approximate surface area is 42.9 Å². The van der Waals surface area contributed by atoms with E-state index in [9.17, 15) is 0 Å². The van der Waals surface area contributed by atoms with Crippen LogP contribution in [0.15, 0.2) is 22.6 Å². The average molecular weight is 99.1 g/mol. The van der Waals surface area contributed by atoms with E-state index in [4.69, 9.17) is 0 Å². The molecule has 0 aliphatic rings. The molecular formula is C4H9N3. The van der Waals surface area contributed by atoms with Crippen molar-refractivity contribution in [2.75, 3.05) is 0 Å². The van der Waals surface area contributed by atoms with Crippen LogP contribution in [0.3, 0.4) is 0 Å². The molecule has 0 amide bonds. The summed E-state index contributed by atoms with van der Waals surface area (Å²) in [6.45, 7) is 2.02. The van der Waals surface area contributed by atoms with Crippen molar-refractivity contribution in [2.45, 2.75) is 13.3 Å². The molecule has 0 rings (SSSR count). The third-order valence-electron chi connectivity index (χ3n) is 0.474. The summed E-state index contributed by atoms with van der Waals surface area (Å²) in [7, 11) is 0. The standard InChI is InChI=1S/C4H9N3/c1-2-3-4-6-7-5/h3-4H,2H2,1H3,(H2,5,6)/b4-3+. The third kappa shape index (κ3) is 5.14. The lowest BCUT2D eigenvalue weighted by atomic mass is 10.5. The van der Waals surface area contributed by atoms with Gasteiger partial charge in [0.2, 0.25) is 0 Å². The highest BCUT2D eigenvalue weighted by molar-refractivity contribution is 4.75. The van der Waals surface area contributed by atoms with E-state index in [0.29, 0.717) is 0 Å². The fourth-order valence-electron chi connectivity index (χ4n) is 0.191. The highest BCUT2D eigenvalue weighted by atomic mass is 15.3. The van der Waals surface area contributed by atoms with E-state index < -0.39 is 0 Å². The first-order valence-electron chi connectivity index (χ1n) is 2.17. The molecule has 0 aliphatic carbocycles. The van der Waals surface area contributed by atoms with Crippen molar-refractivity contribution in [3.05, 3.63) is 12.3 Å². The molecule has 3 heteroatoms. The fraction of sp³-hybridized carbons (Fsp3) is 0.500. The van der Waals surface area contributed by atoms with Crippen LogP contribution in [-0.2, 0) is 0 Å². The Bertz CT molecular complexity index is 75.0. The van der Waals surface area contributed by atoms with E-state index >= 15 is 0 Å². The van der Waals surface area contributed by atoms with Crippen molar-refractivity contribution in [3.63, 3.8) is 0 Å². The summed E-state index contributed by atoms with van der Waals surface area (Å²) in [6, 6.07) is 0. The van der Waals surface area contributed by atoms with Gasteiger partial charge in [-0.2, -0.15) is 0 Å². The zero-order chi connectivity index (χ0) is 5.54. The number of hydrogen-bond acceptors (Lipinski definition) is 2. The summed E-state index contributed by atoms with van der Waals surface area (Å²) >= 11 is 0. The molecule has 0 radical (unpaired) electrons. The largest absolute Gasteiger partial charge is 0.305 e. The minimum atomic E-state index is 0.971. The molecule has 0 fully saturated rings. The second kappa shape index (κ2) is 5.14. The first-order chi connectivity index (χ1) is 3.41. The number of hydrogen-bond donors (Lipinski definition) is 1. The Morgan fingerprint density at radius 2 is 2.43 bits per heavy atom. The van der Waals surface area contributed by atoms with Crippen molar-refractivity contribution < 1.29 is 0 Å². The van der Waals surface area contributed by atoms with Gasteiger partial charge in [0, 0.05) is 6.20 Å². The van der Waals surface area contributed by atoms with Gasteiger partial charge in [-0.05, 0) is 6.42 Å². The molecule has 0 aromatic rings. The third-order valence-corrected chi connectivity index (χ3v) is 0.474. The molecule has 0 spiro atoms. The molecule has 0 saturated heterocycles. The van der Waals surface area contributed by atoms with Crippen LogP contribution in [0.4, 0.5) is 0 Å². The quantitative estimate of drug-likeness (QED) is 0.316. The predicted octanol–water partition coefficient (Wildman–Crippen LogP) is 1.24. The van der Waals surface area contributed by atoms with Crippen molar-refractivity contribution in [2.24, 2.45) is 16.2 Å². The fourth-order valence-corrected chi connectivity index (χ4v) is 0.191. The maximum atomic E-state index is 4.68. The second-order valence-corrected chi connectivity index (χ2v) is 1.02. The Morgan fingerprint density at radius 1 is 1.71 bits per heavy atom. The van der Waals surface area contributed by atoms with Crippen LogP contribution >= 0.6 is 0 Å². The van der Waals surface area contributed by atoms with Crippen LogP contribution in [0.1, 0.15) is 13.3 Å². The molecule has 0 aromatic heterocycles. The molecule has 2 N–H and O–H groups in total. The van der Waals surface area contributed by atoms with E-state index in [1.54, 1.807) is 6.20 Å². The van der Waals surface area contributed by atoms with E-state index in [1.807, 2.05) is 13.0 Å².